The van der Waals surface area contributed by atoms with Crippen LogP contribution in [0.25, 0.3) is 22.5 Å². The van der Waals surface area contributed by atoms with Gasteiger partial charge in [-0.3, -0.25) is 9.89 Å². The van der Waals surface area contributed by atoms with Gasteiger partial charge in [-0.1, -0.05) is 48.5 Å². The van der Waals surface area contributed by atoms with Gasteiger partial charge in [0.1, 0.15) is 0 Å². The van der Waals surface area contributed by atoms with Crippen LogP contribution in [0, 0.1) is 0 Å². The summed E-state index contributed by atoms with van der Waals surface area (Å²) >= 11 is 0. The van der Waals surface area contributed by atoms with E-state index >= 15 is 0 Å². The zero-order chi connectivity index (χ0) is 23.7. The molecule has 1 aromatic heterocycles. The third-order valence-corrected chi connectivity index (χ3v) is 6.18. The number of benzene rings is 3. The summed E-state index contributed by atoms with van der Waals surface area (Å²) in [6, 6.07) is 20.4. The van der Waals surface area contributed by atoms with E-state index in [1.54, 1.807) is 12.1 Å². The Morgan fingerprint density at radius 1 is 0.941 bits per heavy atom. The smallest absolute Gasteiger partial charge is 0.348 e. The summed E-state index contributed by atoms with van der Waals surface area (Å²) in [4.78, 5) is 12.5. The predicted molar refractivity (Wildman–Crippen MR) is 124 cm³/mol. The Bertz CT molecular complexity index is 1320. The molecule has 0 bridgehead atoms. The fraction of sp³-hybridized carbons (Fsp3) is 0.185. The van der Waals surface area contributed by atoms with Crippen LogP contribution in [0.1, 0.15) is 39.0 Å². The second kappa shape index (κ2) is 8.82. The van der Waals surface area contributed by atoms with Crippen LogP contribution < -0.4 is 5.32 Å². The zero-order valence-electron chi connectivity index (χ0n) is 18.2. The number of H-pyrrole nitrogens is 1. The van der Waals surface area contributed by atoms with E-state index in [4.69, 9.17) is 0 Å². The minimum Gasteiger partial charge on any atom is -0.348 e. The molecule has 4 aromatic rings. The third kappa shape index (κ3) is 4.33. The minimum absolute atomic E-state index is 0.144. The predicted octanol–water partition coefficient (Wildman–Crippen LogP) is 6.18. The number of alkyl halides is 3. The maximum atomic E-state index is 12.7. The molecule has 0 atom stereocenters. The average Bonchev–Trinajstić information content (AvgIpc) is 3.17. The first-order valence-corrected chi connectivity index (χ1v) is 11.1. The summed E-state index contributed by atoms with van der Waals surface area (Å²) in [7, 11) is 0. The van der Waals surface area contributed by atoms with E-state index in [9.17, 15) is 18.0 Å². The van der Waals surface area contributed by atoms with Crippen molar-refractivity contribution in [2.75, 3.05) is 0 Å². The van der Waals surface area contributed by atoms with Gasteiger partial charge in [0.15, 0.2) is 0 Å². The fourth-order valence-electron chi connectivity index (χ4n) is 4.38. The van der Waals surface area contributed by atoms with Crippen molar-refractivity contribution >= 4 is 5.91 Å². The lowest BCUT2D eigenvalue weighted by Crippen LogP contribution is -2.22. The summed E-state index contributed by atoms with van der Waals surface area (Å²) in [6.07, 6.45) is -1.39. The molecule has 34 heavy (non-hydrogen) atoms. The molecule has 0 radical (unpaired) electrons. The highest BCUT2D eigenvalue weighted by Crippen LogP contribution is 2.36. The number of hydrogen-bond acceptors (Lipinski definition) is 2. The normalized spacial score (nSPS) is 13.0. The molecule has 1 heterocycles. The molecule has 0 unspecified atom stereocenters. The number of halogens is 3. The summed E-state index contributed by atoms with van der Waals surface area (Å²) in [5, 5.41) is 10.5. The number of aryl methyl sites for hydroxylation is 1. The van der Waals surface area contributed by atoms with Gasteiger partial charge in [-0.2, -0.15) is 18.3 Å². The summed E-state index contributed by atoms with van der Waals surface area (Å²) in [5.74, 6) is -0.291. The van der Waals surface area contributed by atoms with Gasteiger partial charge in [-0.05, 0) is 54.7 Å². The van der Waals surface area contributed by atoms with E-state index in [1.165, 1.54) is 28.8 Å². The van der Waals surface area contributed by atoms with E-state index in [0.717, 1.165) is 48.3 Å². The van der Waals surface area contributed by atoms with Crippen LogP contribution in [0.4, 0.5) is 13.2 Å². The van der Waals surface area contributed by atoms with Crippen LogP contribution in [-0.4, -0.2) is 16.1 Å². The molecular formula is C27H22F3N3O. The summed E-state index contributed by atoms with van der Waals surface area (Å²) in [5.41, 5.74) is 6.92. The lowest BCUT2D eigenvalue weighted by molar-refractivity contribution is -0.137. The second-order valence-electron chi connectivity index (χ2n) is 8.39. The molecule has 0 fully saturated rings. The molecule has 7 heteroatoms. The Labute approximate surface area is 194 Å². The molecule has 0 saturated carbocycles. The van der Waals surface area contributed by atoms with Crippen molar-refractivity contribution in [1.29, 1.82) is 0 Å². The molecule has 1 amide bonds. The van der Waals surface area contributed by atoms with Gasteiger partial charge in [-0.15, -0.1) is 0 Å². The van der Waals surface area contributed by atoms with E-state index in [-0.39, 0.29) is 12.5 Å². The van der Waals surface area contributed by atoms with Crippen LogP contribution >= 0.6 is 0 Å². The molecule has 0 aliphatic heterocycles. The molecule has 172 valence electrons. The standard InChI is InChI=1S/C27H22F3N3O/c28-27(29,30)21-14-8-17(9-15-21)16-31-26(34)20-12-10-19(11-13-20)24-23-7-3-5-18-4-1-2-6-22(18)25(23)33-32-24/h1-2,4,6,8-15H,3,5,7,16H2,(H,31,34)(H,32,33). The fourth-order valence-corrected chi connectivity index (χ4v) is 4.38. The van der Waals surface area contributed by atoms with Gasteiger partial charge in [-0.25, -0.2) is 0 Å². The quantitative estimate of drug-likeness (QED) is 0.381. The molecule has 3 aromatic carbocycles. The zero-order valence-corrected chi connectivity index (χ0v) is 18.2. The van der Waals surface area contributed by atoms with Gasteiger partial charge < -0.3 is 5.32 Å². The number of rotatable bonds is 4. The van der Waals surface area contributed by atoms with Crippen LogP contribution in [-0.2, 0) is 25.6 Å². The lowest BCUT2D eigenvalue weighted by atomic mass is 9.99. The van der Waals surface area contributed by atoms with E-state index in [1.807, 2.05) is 18.2 Å². The highest BCUT2D eigenvalue weighted by atomic mass is 19.4. The Morgan fingerprint density at radius 3 is 2.41 bits per heavy atom. The molecule has 4 nitrogen and oxygen atoms in total. The number of amides is 1. The first-order chi connectivity index (χ1) is 16.4. The van der Waals surface area contributed by atoms with Crippen LogP contribution in [0.2, 0.25) is 0 Å². The van der Waals surface area contributed by atoms with Gasteiger partial charge in [0.2, 0.25) is 0 Å². The maximum Gasteiger partial charge on any atom is 0.416 e. The Morgan fingerprint density at radius 2 is 1.68 bits per heavy atom. The number of carbonyl (C=O) groups excluding carboxylic acids is 1. The third-order valence-electron chi connectivity index (χ3n) is 6.18. The molecule has 1 aliphatic rings. The number of nitrogens with one attached hydrogen (secondary N) is 2. The van der Waals surface area contributed by atoms with Crippen LogP contribution in [0.5, 0.6) is 0 Å². The molecule has 0 spiro atoms. The van der Waals surface area contributed by atoms with Crippen molar-refractivity contribution < 1.29 is 18.0 Å². The topological polar surface area (TPSA) is 57.8 Å². The molecule has 1 aliphatic carbocycles. The van der Waals surface area contributed by atoms with Crippen molar-refractivity contribution in [2.24, 2.45) is 0 Å². The SMILES string of the molecule is O=C(NCc1ccc(C(F)(F)F)cc1)c1ccc(-c2n[nH]c3c2CCCc2ccccc2-3)cc1. The van der Waals surface area contributed by atoms with Gasteiger partial charge in [0.25, 0.3) is 5.91 Å². The average molecular weight is 461 g/mol. The number of hydrogen-bond donors (Lipinski definition) is 2. The van der Waals surface area contributed by atoms with Crippen molar-refractivity contribution in [3.8, 4) is 22.5 Å². The number of fused-ring (bicyclic) bond motifs is 3. The molecule has 5 rings (SSSR count). The minimum atomic E-state index is -4.38. The largest absolute Gasteiger partial charge is 0.416 e. The Balaban J connectivity index is 1.29. The van der Waals surface area contributed by atoms with Crippen molar-refractivity contribution in [3.63, 3.8) is 0 Å². The van der Waals surface area contributed by atoms with Crippen molar-refractivity contribution in [3.05, 3.63) is 101 Å². The first kappa shape index (κ1) is 21.9. The maximum absolute atomic E-state index is 12.7. The van der Waals surface area contributed by atoms with Crippen LogP contribution in [0.3, 0.4) is 0 Å². The van der Waals surface area contributed by atoms with Crippen molar-refractivity contribution in [2.45, 2.75) is 32.0 Å². The van der Waals surface area contributed by atoms with E-state index < -0.39 is 11.7 Å². The Hall–Kier alpha value is -3.87. The summed E-state index contributed by atoms with van der Waals surface area (Å²) in [6.45, 7) is 0.144. The number of aromatic nitrogens is 2. The first-order valence-electron chi connectivity index (χ1n) is 11.1. The Kier molecular flexibility index (Phi) is 5.69. The molecule has 0 saturated heterocycles. The van der Waals surface area contributed by atoms with E-state index in [2.05, 4.69) is 33.7 Å². The van der Waals surface area contributed by atoms with Gasteiger partial charge >= 0.3 is 6.18 Å². The van der Waals surface area contributed by atoms with E-state index in [0.29, 0.717) is 11.1 Å². The molecule has 2 N–H and O–H groups in total. The number of carbonyl (C=O) groups is 1. The van der Waals surface area contributed by atoms with Crippen molar-refractivity contribution in [1.82, 2.24) is 15.5 Å². The van der Waals surface area contributed by atoms with Crippen LogP contribution in [0.15, 0.2) is 72.8 Å². The van der Waals surface area contributed by atoms with Gasteiger partial charge in [0, 0.05) is 28.8 Å². The highest BCUT2D eigenvalue weighted by Gasteiger charge is 2.30. The van der Waals surface area contributed by atoms with Gasteiger partial charge in [0.05, 0.1) is 17.0 Å². The second-order valence-corrected chi connectivity index (χ2v) is 8.39. The molecular weight excluding hydrogens is 439 g/mol. The highest BCUT2D eigenvalue weighted by molar-refractivity contribution is 5.94. The number of aromatic amines is 1. The number of nitrogens with zero attached hydrogens (tertiary/aromatic N) is 1. The monoisotopic (exact) mass is 461 g/mol. The lowest BCUT2D eigenvalue weighted by Gasteiger charge is -2.09. The summed E-state index contributed by atoms with van der Waals surface area (Å²) < 4.78 is 38.1.